The van der Waals surface area contributed by atoms with Gasteiger partial charge in [0.05, 0.1) is 18.2 Å². The number of carbonyl (C=O) groups is 1. The maximum Gasteiger partial charge on any atom is 0.420 e. The van der Waals surface area contributed by atoms with Gasteiger partial charge in [-0.2, -0.15) is 0 Å². The first-order valence-corrected chi connectivity index (χ1v) is 5.94. The van der Waals surface area contributed by atoms with Crippen molar-refractivity contribution in [1.82, 2.24) is 4.57 Å². The van der Waals surface area contributed by atoms with Gasteiger partial charge in [0, 0.05) is 0 Å². The number of hydrogen-bond acceptors (Lipinski definition) is 5. The van der Waals surface area contributed by atoms with Crippen LogP contribution in [0, 0.1) is 0 Å². The molecular formula is C13H15NO5. The highest BCUT2D eigenvalue weighted by Gasteiger charge is 2.14. The Balaban J connectivity index is 2.35. The highest BCUT2D eigenvalue weighted by molar-refractivity contribution is 5.77. The quantitative estimate of drug-likeness (QED) is 0.835. The van der Waals surface area contributed by atoms with Crippen molar-refractivity contribution < 1.29 is 19.1 Å². The molecule has 6 heteroatoms. The fraction of sp³-hybridized carbons (Fsp3) is 0.385. The van der Waals surface area contributed by atoms with E-state index in [0.29, 0.717) is 16.7 Å². The molecule has 0 fully saturated rings. The lowest BCUT2D eigenvalue weighted by molar-refractivity contribution is -0.148. The summed E-state index contributed by atoms with van der Waals surface area (Å²) in [6.45, 7) is 3.14. The number of fused-ring (bicyclic) bond motifs is 1. The molecular weight excluding hydrogens is 250 g/mol. The van der Waals surface area contributed by atoms with Crippen LogP contribution in [0.15, 0.2) is 27.4 Å². The van der Waals surface area contributed by atoms with Crippen LogP contribution in [0.5, 0.6) is 0 Å². The first-order valence-electron chi connectivity index (χ1n) is 5.94. The Kier molecular flexibility index (Phi) is 3.71. The molecule has 1 heterocycles. The molecule has 0 spiro atoms. The fourth-order valence-electron chi connectivity index (χ4n) is 1.79. The zero-order chi connectivity index (χ0) is 14.0. The molecule has 1 N–H and O–H groups in total. The number of ether oxygens (including phenoxy) is 1. The predicted octanol–water partition coefficient (Wildman–Crippen LogP) is 1.04. The molecule has 1 aromatic heterocycles. The van der Waals surface area contributed by atoms with Crippen LogP contribution in [0.4, 0.5) is 0 Å². The van der Waals surface area contributed by atoms with Crippen molar-refractivity contribution in [3.8, 4) is 0 Å². The van der Waals surface area contributed by atoms with E-state index in [1.54, 1.807) is 32.0 Å². The zero-order valence-electron chi connectivity index (χ0n) is 10.8. The third kappa shape index (κ3) is 2.85. The number of aromatic nitrogens is 1. The van der Waals surface area contributed by atoms with Crippen LogP contribution in [0.1, 0.15) is 19.4 Å². The monoisotopic (exact) mass is 265 g/mol. The van der Waals surface area contributed by atoms with E-state index in [1.807, 2.05) is 0 Å². The minimum atomic E-state index is -0.620. The van der Waals surface area contributed by atoms with Crippen LogP contribution in [0.3, 0.4) is 0 Å². The van der Waals surface area contributed by atoms with Crippen molar-refractivity contribution in [1.29, 1.82) is 0 Å². The van der Waals surface area contributed by atoms with Gasteiger partial charge in [0.2, 0.25) is 0 Å². The second kappa shape index (κ2) is 5.27. The number of oxazole rings is 1. The van der Waals surface area contributed by atoms with E-state index < -0.39 is 11.7 Å². The lowest BCUT2D eigenvalue weighted by Gasteiger charge is -2.07. The van der Waals surface area contributed by atoms with E-state index in [4.69, 9.17) is 14.3 Å². The molecule has 0 saturated carbocycles. The summed E-state index contributed by atoms with van der Waals surface area (Å²) in [5, 5.41) is 9.02. The summed E-state index contributed by atoms with van der Waals surface area (Å²) < 4.78 is 11.2. The van der Waals surface area contributed by atoms with Gasteiger partial charge in [-0.15, -0.1) is 0 Å². The molecule has 0 bridgehead atoms. The number of hydrogen-bond donors (Lipinski definition) is 1. The molecule has 2 rings (SSSR count). The molecule has 0 saturated heterocycles. The van der Waals surface area contributed by atoms with Gasteiger partial charge in [-0.1, -0.05) is 6.07 Å². The van der Waals surface area contributed by atoms with Crippen molar-refractivity contribution >= 4 is 17.1 Å². The first kappa shape index (κ1) is 13.4. The van der Waals surface area contributed by atoms with Gasteiger partial charge in [-0.05, 0) is 31.5 Å². The Morgan fingerprint density at radius 2 is 2.21 bits per heavy atom. The maximum atomic E-state index is 11.7. The fourth-order valence-corrected chi connectivity index (χ4v) is 1.79. The second-order valence-corrected chi connectivity index (χ2v) is 4.45. The van der Waals surface area contributed by atoms with E-state index in [0.717, 1.165) is 0 Å². The van der Waals surface area contributed by atoms with Crippen molar-refractivity contribution in [2.75, 3.05) is 0 Å². The van der Waals surface area contributed by atoms with Crippen molar-refractivity contribution in [2.24, 2.45) is 0 Å². The number of aliphatic hydroxyl groups is 1. The van der Waals surface area contributed by atoms with Crippen LogP contribution >= 0.6 is 0 Å². The lowest BCUT2D eigenvalue weighted by Crippen LogP contribution is -2.23. The zero-order valence-corrected chi connectivity index (χ0v) is 10.8. The Bertz CT molecular complexity index is 653. The number of rotatable bonds is 4. The first-order chi connectivity index (χ1) is 9.01. The van der Waals surface area contributed by atoms with Gasteiger partial charge in [0.15, 0.2) is 5.58 Å². The molecule has 19 heavy (non-hydrogen) atoms. The number of esters is 1. The van der Waals surface area contributed by atoms with Crippen LogP contribution in [0.2, 0.25) is 0 Å². The van der Waals surface area contributed by atoms with Crippen LogP contribution in [-0.2, 0) is 22.7 Å². The maximum absolute atomic E-state index is 11.7. The van der Waals surface area contributed by atoms with Crippen LogP contribution < -0.4 is 5.76 Å². The van der Waals surface area contributed by atoms with E-state index in [9.17, 15) is 9.59 Å². The molecule has 1 aromatic carbocycles. The predicted molar refractivity (Wildman–Crippen MR) is 67.6 cm³/mol. The van der Waals surface area contributed by atoms with Crippen molar-refractivity contribution in [3.05, 3.63) is 34.3 Å². The van der Waals surface area contributed by atoms with Gasteiger partial charge < -0.3 is 14.3 Å². The summed E-state index contributed by atoms with van der Waals surface area (Å²) in [4.78, 5) is 23.3. The SMILES string of the molecule is CC(C)OC(=O)Cn1c(=O)oc2cc(CO)ccc21. The Hall–Kier alpha value is -2.08. The summed E-state index contributed by atoms with van der Waals surface area (Å²) in [5.41, 5.74) is 1.48. The average Bonchev–Trinajstić information content (AvgIpc) is 2.64. The normalized spacial score (nSPS) is 11.2. The van der Waals surface area contributed by atoms with Crippen LogP contribution in [0.25, 0.3) is 11.1 Å². The number of carbonyl (C=O) groups excluding carboxylic acids is 1. The van der Waals surface area contributed by atoms with Crippen molar-refractivity contribution in [2.45, 2.75) is 33.1 Å². The highest BCUT2D eigenvalue weighted by atomic mass is 16.5. The van der Waals surface area contributed by atoms with Gasteiger partial charge in [-0.3, -0.25) is 9.36 Å². The van der Waals surface area contributed by atoms with E-state index >= 15 is 0 Å². The van der Waals surface area contributed by atoms with E-state index in [2.05, 4.69) is 0 Å². The molecule has 2 aromatic rings. The third-order valence-corrected chi connectivity index (χ3v) is 2.57. The average molecular weight is 265 g/mol. The highest BCUT2D eigenvalue weighted by Crippen LogP contribution is 2.15. The third-order valence-electron chi connectivity index (χ3n) is 2.57. The molecule has 0 aliphatic heterocycles. The largest absolute Gasteiger partial charge is 0.462 e. The molecule has 0 radical (unpaired) electrons. The smallest absolute Gasteiger partial charge is 0.420 e. The van der Waals surface area contributed by atoms with E-state index in [-0.39, 0.29) is 19.3 Å². The molecule has 0 aliphatic carbocycles. The van der Waals surface area contributed by atoms with Crippen LogP contribution in [-0.4, -0.2) is 21.7 Å². The minimum absolute atomic E-state index is 0.139. The standard InChI is InChI=1S/C13H15NO5/c1-8(2)18-12(16)6-14-10-4-3-9(7-15)5-11(10)19-13(14)17/h3-5,8,15H,6-7H2,1-2H3. The van der Waals surface area contributed by atoms with Gasteiger partial charge in [0.1, 0.15) is 6.54 Å². The molecule has 102 valence electrons. The number of nitrogens with zero attached hydrogens (tertiary/aromatic N) is 1. The Labute approximate surface area is 109 Å². The molecule has 0 atom stereocenters. The van der Waals surface area contributed by atoms with E-state index in [1.165, 1.54) is 4.57 Å². The Morgan fingerprint density at radius 1 is 1.47 bits per heavy atom. The summed E-state index contributed by atoms with van der Waals surface area (Å²) in [5.74, 6) is -1.11. The summed E-state index contributed by atoms with van der Waals surface area (Å²) >= 11 is 0. The molecule has 0 unspecified atom stereocenters. The number of aliphatic hydroxyl groups excluding tert-OH is 1. The Morgan fingerprint density at radius 3 is 2.84 bits per heavy atom. The van der Waals surface area contributed by atoms with Crippen molar-refractivity contribution in [3.63, 3.8) is 0 Å². The van der Waals surface area contributed by atoms with Gasteiger partial charge in [-0.25, -0.2) is 4.79 Å². The summed E-state index contributed by atoms with van der Waals surface area (Å²) in [6, 6.07) is 4.87. The lowest BCUT2D eigenvalue weighted by atomic mass is 10.2. The molecule has 6 nitrogen and oxygen atoms in total. The summed E-state index contributed by atoms with van der Waals surface area (Å²) in [6.07, 6.45) is -0.234. The topological polar surface area (TPSA) is 81.7 Å². The van der Waals surface area contributed by atoms with Gasteiger partial charge >= 0.3 is 11.7 Å². The van der Waals surface area contributed by atoms with Gasteiger partial charge in [0.25, 0.3) is 0 Å². The second-order valence-electron chi connectivity index (χ2n) is 4.45. The minimum Gasteiger partial charge on any atom is -0.462 e. The molecule has 0 amide bonds. The summed E-state index contributed by atoms with van der Waals surface area (Å²) in [7, 11) is 0. The number of benzene rings is 1. The molecule has 0 aliphatic rings.